The first-order chi connectivity index (χ1) is 9.05. The van der Waals surface area contributed by atoms with E-state index in [1.165, 1.54) is 71.2 Å². The molecule has 1 aliphatic carbocycles. The number of rotatable bonds is 5. The largest absolute Gasteiger partial charge is 0.315 e. The summed E-state index contributed by atoms with van der Waals surface area (Å²) < 4.78 is 0. The van der Waals surface area contributed by atoms with Crippen molar-refractivity contribution in [2.24, 2.45) is 17.3 Å². The highest BCUT2D eigenvalue weighted by molar-refractivity contribution is 4.81. The van der Waals surface area contributed by atoms with Gasteiger partial charge in [0.25, 0.3) is 0 Å². The fourth-order valence-electron chi connectivity index (χ4n) is 3.78. The molecule has 0 radical (unpaired) electrons. The van der Waals surface area contributed by atoms with E-state index in [9.17, 15) is 0 Å². The van der Waals surface area contributed by atoms with E-state index in [0.717, 1.165) is 11.8 Å². The lowest BCUT2D eigenvalue weighted by molar-refractivity contribution is 0.148. The first-order valence-corrected chi connectivity index (χ1v) is 8.49. The Bertz CT molecular complexity index is 242. The summed E-state index contributed by atoms with van der Waals surface area (Å²) in [5.41, 5.74) is 0.522. The molecule has 19 heavy (non-hydrogen) atoms. The SMILES string of the molecule is CC(C)(C)C1CCC(CNCCN2CCCC2)CC1. The summed E-state index contributed by atoms with van der Waals surface area (Å²) in [6.45, 7) is 13.6. The molecule has 112 valence electrons. The smallest absolute Gasteiger partial charge is 0.0107 e. The second-order valence-electron chi connectivity index (χ2n) is 7.84. The van der Waals surface area contributed by atoms with Crippen molar-refractivity contribution >= 4 is 0 Å². The molecular formula is C17H34N2. The Morgan fingerprint density at radius 2 is 1.63 bits per heavy atom. The fourth-order valence-corrected chi connectivity index (χ4v) is 3.78. The third-order valence-corrected chi connectivity index (χ3v) is 5.31. The summed E-state index contributed by atoms with van der Waals surface area (Å²) in [6, 6.07) is 0. The molecule has 1 saturated carbocycles. The van der Waals surface area contributed by atoms with Crippen LogP contribution in [0.4, 0.5) is 0 Å². The van der Waals surface area contributed by atoms with Crippen LogP contribution in [0.2, 0.25) is 0 Å². The van der Waals surface area contributed by atoms with Gasteiger partial charge < -0.3 is 10.2 Å². The van der Waals surface area contributed by atoms with Crippen molar-refractivity contribution in [2.75, 3.05) is 32.7 Å². The van der Waals surface area contributed by atoms with Gasteiger partial charge >= 0.3 is 0 Å². The van der Waals surface area contributed by atoms with Gasteiger partial charge in [0.15, 0.2) is 0 Å². The van der Waals surface area contributed by atoms with Crippen LogP contribution in [0, 0.1) is 17.3 Å². The van der Waals surface area contributed by atoms with Crippen LogP contribution in [0.25, 0.3) is 0 Å². The molecule has 0 atom stereocenters. The molecule has 0 unspecified atom stereocenters. The second-order valence-corrected chi connectivity index (χ2v) is 7.84. The highest BCUT2D eigenvalue weighted by Crippen LogP contribution is 2.39. The van der Waals surface area contributed by atoms with Crippen LogP contribution >= 0.6 is 0 Å². The Hall–Kier alpha value is -0.0800. The quantitative estimate of drug-likeness (QED) is 0.766. The van der Waals surface area contributed by atoms with Gasteiger partial charge in [-0.1, -0.05) is 20.8 Å². The maximum absolute atomic E-state index is 3.69. The molecule has 2 rings (SSSR count). The molecule has 0 aromatic rings. The monoisotopic (exact) mass is 266 g/mol. The summed E-state index contributed by atoms with van der Waals surface area (Å²) in [6.07, 6.45) is 8.61. The molecule has 0 aromatic heterocycles. The number of hydrogen-bond acceptors (Lipinski definition) is 2. The predicted octanol–water partition coefficient (Wildman–Crippen LogP) is 3.52. The number of hydrogen-bond donors (Lipinski definition) is 1. The minimum absolute atomic E-state index is 0.522. The van der Waals surface area contributed by atoms with Crippen LogP contribution in [-0.4, -0.2) is 37.6 Å². The standard InChI is InChI=1S/C17H34N2/c1-17(2,3)16-8-6-15(7-9-16)14-18-10-13-19-11-4-5-12-19/h15-16,18H,4-14H2,1-3H3. The van der Waals surface area contributed by atoms with Crippen LogP contribution in [0.1, 0.15) is 59.3 Å². The Morgan fingerprint density at radius 1 is 1.00 bits per heavy atom. The first-order valence-electron chi connectivity index (χ1n) is 8.49. The van der Waals surface area contributed by atoms with Gasteiger partial charge in [-0.05, 0) is 75.4 Å². The first kappa shape index (κ1) is 15.3. The van der Waals surface area contributed by atoms with Crippen molar-refractivity contribution < 1.29 is 0 Å². The molecular weight excluding hydrogens is 232 g/mol. The lowest BCUT2D eigenvalue weighted by Crippen LogP contribution is -2.34. The molecule has 2 aliphatic rings. The average molecular weight is 266 g/mol. The third-order valence-electron chi connectivity index (χ3n) is 5.31. The van der Waals surface area contributed by atoms with Crippen LogP contribution in [0.5, 0.6) is 0 Å². The lowest BCUT2D eigenvalue weighted by atomic mass is 9.70. The molecule has 1 N–H and O–H groups in total. The molecule has 2 nitrogen and oxygen atoms in total. The summed E-state index contributed by atoms with van der Waals surface area (Å²) in [7, 11) is 0. The Kier molecular flexibility index (Phi) is 5.70. The van der Waals surface area contributed by atoms with E-state index in [0.29, 0.717) is 5.41 Å². The Balaban J connectivity index is 1.53. The number of nitrogens with zero attached hydrogens (tertiary/aromatic N) is 1. The highest BCUT2D eigenvalue weighted by Gasteiger charge is 2.29. The summed E-state index contributed by atoms with van der Waals surface area (Å²) in [4.78, 5) is 2.60. The Morgan fingerprint density at radius 3 is 2.21 bits per heavy atom. The minimum atomic E-state index is 0.522. The van der Waals surface area contributed by atoms with Crippen molar-refractivity contribution in [1.29, 1.82) is 0 Å². The zero-order valence-corrected chi connectivity index (χ0v) is 13.4. The van der Waals surface area contributed by atoms with E-state index < -0.39 is 0 Å². The van der Waals surface area contributed by atoms with Crippen LogP contribution < -0.4 is 5.32 Å². The molecule has 0 spiro atoms. The van der Waals surface area contributed by atoms with Crippen LogP contribution in [0.15, 0.2) is 0 Å². The van der Waals surface area contributed by atoms with Gasteiger partial charge in [0.05, 0.1) is 0 Å². The zero-order chi connectivity index (χ0) is 13.7. The van der Waals surface area contributed by atoms with Gasteiger partial charge in [-0.3, -0.25) is 0 Å². The molecule has 0 amide bonds. The molecule has 1 aliphatic heterocycles. The van der Waals surface area contributed by atoms with Crippen molar-refractivity contribution in [3.63, 3.8) is 0 Å². The van der Waals surface area contributed by atoms with Gasteiger partial charge in [-0.15, -0.1) is 0 Å². The van der Waals surface area contributed by atoms with Crippen molar-refractivity contribution in [3.05, 3.63) is 0 Å². The van der Waals surface area contributed by atoms with E-state index in [2.05, 4.69) is 31.0 Å². The normalized spacial score (nSPS) is 29.8. The van der Waals surface area contributed by atoms with Gasteiger partial charge in [0.1, 0.15) is 0 Å². The van der Waals surface area contributed by atoms with Crippen LogP contribution in [-0.2, 0) is 0 Å². The van der Waals surface area contributed by atoms with Gasteiger partial charge in [-0.2, -0.15) is 0 Å². The van der Waals surface area contributed by atoms with E-state index in [1.54, 1.807) is 0 Å². The fraction of sp³-hybridized carbons (Fsp3) is 1.00. The minimum Gasteiger partial charge on any atom is -0.315 e. The second kappa shape index (κ2) is 7.08. The van der Waals surface area contributed by atoms with E-state index in [-0.39, 0.29) is 0 Å². The molecule has 1 saturated heterocycles. The van der Waals surface area contributed by atoms with E-state index in [1.807, 2.05) is 0 Å². The maximum atomic E-state index is 3.69. The van der Waals surface area contributed by atoms with Gasteiger partial charge in [0, 0.05) is 13.1 Å². The molecule has 0 aromatic carbocycles. The predicted molar refractivity (Wildman–Crippen MR) is 83.4 cm³/mol. The van der Waals surface area contributed by atoms with Crippen molar-refractivity contribution in [1.82, 2.24) is 10.2 Å². The highest BCUT2D eigenvalue weighted by atomic mass is 15.1. The van der Waals surface area contributed by atoms with Crippen LogP contribution in [0.3, 0.4) is 0 Å². The van der Waals surface area contributed by atoms with E-state index in [4.69, 9.17) is 0 Å². The molecule has 2 fully saturated rings. The maximum Gasteiger partial charge on any atom is 0.0107 e. The zero-order valence-electron chi connectivity index (χ0n) is 13.4. The molecule has 0 bridgehead atoms. The topological polar surface area (TPSA) is 15.3 Å². The summed E-state index contributed by atoms with van der Waals surface area (Å²) in [5.74, 6) is 1.89. The average Bonchev–Trinajstić information content (AvgIpc) is 2.87. The van der Waals surface area contributed by atoms with Gasteiger partial charge in [-0.25, -0.2) is 0 Å². The third kappa shape index (κ3) is 5.07. The van der Waals surface area contributed by atoms with E-state index >= 15 is 0 Å². The summed E-state index contributed by atoms with van der Waals surface area (Å²) in [5, 5.41) is 3.69. The molecule has 1 heterocycles. The van der Waals surface area contributed by atoms with Gasteiger partial charge in [0.2, 0.25) is 0 Å². The summed E-state index contributed by atoms with van der Waals surface area (Å²) >= 11 is 0. The lowest BCUT2D eigenvalue weighted by Gasteiger charge is -2.37. The van der Waals surface area contributed by atoms with Crippen molar-refractivity contribution in [2.45, 2.75) is 59.3 Å². The van der Waals surface area contributed by atoms with Crippen molar-refractivity contribution in [3.8, 4) is 0 Å². The molecule has 2 heteroatoms. The number of nitrogens with one attached hydrogen (secondary N) is 1. The Labute approximate surface area is 120 Å². The number of likely N-dealkylation sites (tertiary alicyclic amines) is 1.